The van der Waals surface area contributed by atoms with E-state index in [2.05, 4.69) is 4.72 Å². The van der Waals surface area contributed by atoms with Gasteiger partial charge >= 0.3 is 0 Å². The molecule has 0 radical (unpaired) electrons. The van der Waals surface area contributed by atoms with E-state index in [1.807, 2.05) is 44.2 Å². The molecule has 0 unspecified atom stereocenters. The zero-order valence-electron chi connectivity index (χ0n) is 12.7. The molecule has 0 heterocycles. The summed E-state index contributed by atoms with van der Waals surface area (Å²) in [6.07, 6.45) is 0.594. The van der Waals surface area contributed by atoms with Gasteiger partial charge in [0.05, 0.1) is 5.75 Å². The first-order valence-corrected chi connectivity index (χ1v) is 8.71. The molecule has 3 nitrogen and oxygen atoms in total. The number of hydrogen-bond acceptors (Lipinski definition) is 2. The molecule has 5 heteroatoms. The Morgan fingerprint density at radius 1 is 0.955 bits per heavy atom. The third-order valence-corrected chi connectivity index (χ3v) is 4.77. The maximum atomic E-state index is 12.9. The number of rotatable bonds is 6. The van der Waals surface area contributed by atoms with Crippen molar-refractivity contribution >= 4 is 10.0 Å². The molecule has 0 fully saturated rings. The first kappa shape index (κ1) is 16.6. The summed E-state index contributed by atoms with van der Waals surface area (Å²) in [5, 5.41) is 0. The van der Waals surface area contributed by atoms with E-state index < -0.39 is 15.6 Å². The van der Waals surface area contributed by atoms with Gasteiger partial charge in [0.25, 0.3) is 0 Å². The van der Waals surface area contributed by atoms with Crippen LogP contribution in [-0.4, -0.2) is 14.0 Å². The Labute approximate surface area is 131 Å². The Bertz CT molecular complexity index is 710. The molecule has 118 valence electrons. The number of sulfonamides is 1. The second-order valence-corrected chi connectivity index (χ2v) is 7.76. The highest BCUT2D eigenvalue weighted by molar-refractivity contribution is 7.88. The van der Waals surface area contributed by atoms with Crippen molar-refractivity contribution < 1.29 is 12.8 Å². The lowest BCUT2D eigenvalue weighted by Crippen LogP contribution is -2.45. The fourth-order valence-electron chi connectivity index (χ4n) is 2.40. The van der Waals surface area contributed by atoms with Crippen molar-refractivity contribution in [3.8, 4) is 0 Å². The molecule has 0 atom stereocenters. The second-order valence-electron chi connectivity index (χ2n) is 6.03. The quantitative estimate of drug-likeness (QED) is 0.887. The Kier molecular flexibility index (Phi) is 4.98. The highest BCUT2D eigenvalue weighted by Gasteiger charge is 2.25. The van der Waals surface area contributed by atoms with Crippen molar-refractivity contribution in [3.05, 3.63) is 71.5 Å². The third kappa shape index (κ3) is 5.24. The number of nitrogens with one attached hydrogen (secondary N) is 1. The molecule has 0 aliphatic heterocycles. The van der Waals surface area contributed by atoms with E-state index in [0.717, 1.165) is 5.56 Å². The molecule has 0 amide bonds. The Hall–Kier alpha value is -1.72. The van der Waals surface area contributed by atoms with Crippen LogP contribution in [0.15, 0.2) is 54.6 Å². The monoisotopic (exact) mass is 321 g/mol. The van der Waals surface area contributed by atoms with Crippen LogP contribution in [0.4, 0.5) is 4.39 Å². The van der Waals surface area contributed by atoms with Gasteiger partial charge in [-0.05, 0) is 43.5 Å². The fourth-order valence-corrected chi connectivity index (χ4v) is 4.02. The lowest BCUT2D eigenvalue weighted by Gasteiger charge is -2.26. The summed E-state index contributed by atoms with van der Waals surface area (Å²) in [6, 6.07) is 15.2. The topological polar surface area (TPSA) is 46.2 Å². The van der Waals surface area contributed by atoms with E-state index in [0.29, 0.717) is 12.0 Å². The molecule has 0 aliphatic carbocycles. The minimum atomic E-state index is -3.50. The minimum Gasteiger partial charge on any atom is -0.212 e. The van der Waals surface area contributed by atoms with Gasteiger partial charge in [-0.15, -0.1) is 0 Å². The number of hydrogen-bond donors (Lipinski definition) is 1. The smallest absolute Gasteiger partial charge is 0.212 e. The molecule has 0 saturated carbocycles. The lowest BCUT2D eigenvalue weighted by atomic mass is 9.96. The highest BCUT2D eigenvalue weighted by Crippen LogP contribution is 2.15. The van der Waals surface area contributed by atoms with Gasteiger partial charge in [0.15, 0.2) is 0 Å². The molecule has 0 aliphatic rings. The summed E-state index contributed by atoms with van der Waals surface area (Å²) in [6.45, 7) is 3.70. The maximum Gasteiger partial charge on any atom is 0.216 e. The Morgan fingerprint density at radius 2 is 1.55 bits per heavy atom. The van der Waals surface area contributed by atoms with E-state index >= 15 is 0 Å². The normalized spacial score (nSPS) is 12.3. The molecule has 22 heavy (non-hydrogen) atoms. The van der Waals surface area contributed by atoms with Gasteiger partial charge in [-0.1, -0.05) is 42.5 Å². The zero-order chi connectivity index (χ0) is 16.2. The maximum absolute atomic E-state index is 12.9. The van der Waals surface area contributed by atoms with E-state index in [4.69, 9.17) is 0 Å². The van der Waals surface area contributed by atoms with Crippen LogP contribution < -0.4 is 4.72 Å². The van der Waals surface area contributed by atoms with Crippen molar-refractivity contribution in [2.45, 2.75) is 31.6 Å². The largest absolute Gasteiger partial charge is 0.216 e. The summed E-state index contributed by atoms with van der Waals surface area (Å²) in [7, 11) is -3.50. The molecular weight excluding hydrogens is 301 g/mol. The summed E-state index contributed by atoms with van der Waals surface area (Å²) in [5.74, 6) is -0.538. The molecular formula is C17H20FNO2S. The summed E-state index contributed by atoms with van der Waals surface area (Å²) >= 11 is 0. The average molecular weight is 321 g/mol. The number of halogens is 1. The van der Waals surface area contributed by atoms with Crippen LogP contribution in [0.25, 0.3) is 0 Å². The molecule has 1 N–H and O–H groups in total. The Balaban J connectivity index is 2.05. The van der Waals surface area contributed by atoms with Gasteiger partial charge < -0.3 is 0 Å². The van der Waals surface area contributed by atoms with Gasteiger partial charge in [0.1, 0.15) is 5.82 Å². The van der Waals surface area contributed by atoms with Crippen LogP contribution in [-0.2, 0) is 22.2 Å². The molecule has 2 aromatic carbocycles. The average Bonchev–Trinajstić information content (AvgIpc) is 2.40. The van der Waals surface area contributed by atoms with Crippen LogP contribution in [0.3, 0.4) is 0 Å². The van der Waals surface area contributed by atoms with Crippen molar-refractivity contribution in [1.29, 1.82) is 0 Å². The van der Waals surface area contributed by atoms with Crippen molar-refractivity contribution in [3.63, 3.8) is 0 Å². The molecule has 0 saturated heterocycles. The van der Waals surface area contributed by atoms with Gasteiger partial charge in [-0.2, -0.15) is 0 Å². The summed E-state index contributed by atoms with van der Waals surface area (Å²) < 4.78 is 40.2. The predicted molar refractivity (Wildman–Crippen MR) is 86.4 cm³/mol. The van der Waals surface area contributed by atoms with Gasteiger partial charge in [-0.3, -0.25) is 0 Å². The van der Waals surface area contributed by atoms with Crippen molar-refractivity contribution in [2.24, 2.45) is 0 Å². The fraction of sp³-hybridized carbons (Fsp3) is 0.294. The van der Waals surface area contributed by atoms with Crippen LogP contribution in [0.1, 0.15) is 25.0 Å². The summed E-state index contributed by atoms with van der Waals surface area (Å²) in [5.41, 5.74) is 1.03. The van der Waals surface area contributed by atoms with E-state index in [1.54, 1.807) is 0 Å². The van der Waals surface area contributed by atoms with Gasteiger partial charge in [0.2, 0.25) is 10.0 Å². The van der Waals surface area contributed by atoms with E-state index in [9.17, 15) is 12.8 Å². The van der Waals surface area contributed by atoms with Gasteiger partial charge in [0, 0.05) is 5.54 Å². The minimum absolute atomic E-state index is 0.161. The molecule has 0 bridgehead atoms. The van der Waals surface area contributed by atoms with Crippen LogP contribution in [0.2, 0.25) is 0 Å². The first-order chi connectivity index (χ1) is 10.3. The second kappa shape index (κ2) is 6.58. The van der Waals surface area contributed by atoms with Crippen LogP contribution in [0.5, 0.6) is 0 Å². The summed E-state index contributed by atoms with van der Waals surface area (Å²) in [4.78, 5) is 0. The van der Waals surface area contributed by atoms with E-state index in [1.165, 1.54) is 24.3 Å². The first-order valence-electron chi connectivity index (χ1n) is 7.06. The zero-order valence-corrected chi connectivity index (χ0v) is 13.5. The molecule has 0 spiro atoms. The van der Waals surface area contributed by atoms with E-state index in [-0.39, 0.29) is 11.6 Å². The van der Waals surface area contributed by atoms with Crippen LogP contribution in [0, 0.1) is 5.82 Å². The Morgan fingerprint density at radius 3 is 2.14 bits per heavy atom. The third-order valence-electron chi connectivity index (χ3n) is 3.19. The SMILES string of the molecule is CC(C)(Cc1ccccc1)NS(=O)(=O)Cc1ccc(F)cc1. The van der Waals surface area contributed by atoms with Crippen molar-refractivity contribution in [2.75, 3.05) is 0 Å². The molecule has 0 aromatic heterocycles. The van der Waals surface area contributed by atoms with Gasteiger partial charge in [-0.25, -0.2) is 17.5 Å². The predicted octanol–water partition coefficient (Wildman–Crippen LogP) is 3.27. The molecule has 2 rings (SSSR count). The van der Waals surface area contributed by atoms with Crippen molar-refractivity contribution in [1.82, 2.24) is 4.72 Å². The molecule has 2 aromatic rings. The lowest BCUT2D eigenvalue weighted by molar-refractivity contribution is 0.450. The van der Waals surface area contributed by atoms with Crippen LogP contribution >= 0.6 is 0 Å². The number of benzene rings is 2. The highest BCUT2D eigenvalue weighted by atomic mass is 32.2. The standard InChI is InChI=1S/C17H20FNO2S/c1-17(2,12-14-6-4-3-5-7-14)19-22(20,21)13-15-8-10-16(18)11-9-15/h3-11,19H,12-13H2,1-2H3.